The molecule has 2 heterocycles. The van der Waals surface area contributed by atoms with Gasteiger partial charge in [0.25, 0.3) is 0 Å². The van der Waals surface area contributed by atoms with Crippen LogP contribution in [0.3, 0.4) is 0 Å². The van der Waals surface area contributed by atoms with Gasteiger partial charge in [0, 0.05) is 0 Å². The third kappa shape index (κ3) is 2.47. The van der Waals surface area contributed by atoms with Crippen molar-refractivity contribution in [1.29, 1.82) is 0 Å². The highest BCUT2D eigenvalue weighted by Gasteiger charge is 2.31. The van der Waals surface area contributed by atoms with Crippen molar-refractivity contribution in [3.05, 3.63) is 24.5 Å². The van der Waals surface area contributed by atoms with Gasteiger partial charge in [0.2, 0.25) is 0 Å². The Labute approximate surface area is 87.3 Å². The molecule has 8 heteroatoms. The Kier molecular flexibility index (Phi) is 2.47. The summed E-state index contributed by atoms with van der Waals surface area (Å²) in [5, 5.41) is 9.58. The quantitative estimate of drug-likeness (QED) is 0.853. The van der Waals surface area contributed by atoms with Gasteiger partial charge in [0.1, 0.15) is 11.4 Å². The maximum Gasteiger partial charge on any atom is 0.573 e. The number of nitrogens with zero attached hydrogens (tertiary/aromatic N) is 3. The summed E-state index contributed by atoms with van der Waals surface area (Å²) in [7, 11) is 0. The first-order valence-electron chi connectivity index (χ1n) is 4.13. The molecule has 16 heavy (non-hydrogen) atoms. The average molecular weight is 230 g/mol. The van der Waals surface area contributed by atoms with Gasteiger partial charge >= 0.3 is 6.36 Å². The van der Waals surface area contributed by atoms with Gasteiger partial charge < -0.3 is 4.74 Å². The van der Waals surface area contributed by atoms with Crippen LogP contribution in [0.5, 0.6) is 5.75 Å². The van der Waals surface area contributed by atoms with Gasteiger partial charge in [-0.15, -0.1) is 18.3 Å². The number of rotatable bonds is 2. The summed E-state index contributed by atoms with van der Waals surface area (Å²) < 4.78 is 39.2. The lowest BCUT2D eigenvalue weighted by atomic mass is 10.3. The van der Waals surface area contributed by atoms with Crippen LogP contribution in [0.4, 0.5) is 13.2 Å². The first-order valence-corrected chi connectivity index (χ1v) is 4.13. The van der Waals surface area contributed by atoms with Crippen LogP contribution < -0.4 is 4.74 Å². The smallest absolute Gasteiger partial charge is 0.404 e. The Morgan fingerprint density at radius 1 is 1.19 bits per heavy atom. The minimum Gasteiger partial charge on any atom is -0.404 e. The van der Waals surface area contributed by atoms with Crippen LogP contribution in [-0.2, 0) is 0 Å². The van der Waals surface area contributed by atoms with Gasteiger partial charge in [0.05, 0.1) is 18.1 Å². The molecule has 0 aliphatic heterocycles. The number of aromatic amines is 1. The van der Waals surface area contributed by atoms with Crippen LogP contribution >= 0.6 is 0 Å². The molecular formula is C8H5F3N4O. The minimum absolute atomic E-state index is 0.375. The SMILES string of the molecule is FC(F)(F)Oc1ccc(-c2c[nH]nn2)nc1. The maximum atomic E-state index is 11.8. The third-order valence-electron chi connectivity index (χ3n) is 1.65. The minimum atomic E-state index is -4.71. The zero-order valence-electron chi connectivity index (χ0n) is 7.69. The van der Waals surface area contributed by atoms with Crippen molar-refractivity contribution in [2.45, 2.75) is 6.36 Å². The summed E-state index contributed by atoms with van der Waals surface area (Å²) in [5.74, 6) is -0.375. The molecule has 0 aromatic carbocycles. The number of halogens is 3. The lowest BCUT2D eigenvalue weighted by Crippen LogP contribution is -2.17. The molecule has 0 spiro atoms. The van der Waals surface area contributed by atoms with E-state index in [4.69, 9.17) is 0 Å². The van der Waals surface area contributed by atoms with E-state index in [-0.39, 0.29) is 5.75 Å². The summed E-state index contributed by atoms with van der Waals surface area (Å²) in [6, 6.07) is 2.52. The van der Waals surface area contributed by atoms with Gasteiger partial charge in [-0.3, -0.25) is 10.1 Å². The van der Waals surface area contributed by atoms with Gasteiger partial charge in [-0.1, -0.05) is 5.21 Å². The summed E-state index contributed by atoms with van der Waals surface area (Å²) >= 11 is 0. The molecule has 0 fully saturated rings. The van der Waals surface area contributed by atoms with Crippen LogP contribution in [0.15, 0.2) is 24.5 Å². The molecule has 0 unspecified atom stereocenters. The summed E-state index contributed by atoms with van der Waals surface area (Å²) in [6.07, 6.45) is -2.26. The number of nitrogens with one attached hydrogen (secondary N) is 1. The molecule has 2 aromatic heterocycles. The lowest BCUT2D eigenvalue weighted by molar-refractivity contribution is -0.274. The zero-order chi connectivity index (χ0) is 11.6. The molecule has 0 aliphatic carbocycles. The number of hydrogen-bond acceptors (Lipinski definition) is 4. The molecule has 0 aliphatic rings. The summed E-state index contributed by atoms with van der Waals surface area (Å²) in [5.41, 5.74) is 0.849. The highest BCUT2D eigenvalue weighted by Crippen LogP contribution is 2.23. The Bertz CT molecular complexity index is 451. The van der Waals surface area contributed by atoms with E-state index in [1.807, 2.05) is 0 Å². The van der Waals surface area contributed by atoms with Crippen LogP contribution in [0.25, 0.3) is 11.4 Å². The Morgan fingerprint density at radius 2 is 2.00 bits per heavy atom. The van der Waals surface area contributed by atoms with E-state index < -0.39 is 6.36 Å². The summed E-state index contributed by atoms with van der Waals surface area (Å²) in [4.78, 5) is 3.76. The largest absolute Gasteiger partial charge is 0.573 e. The normalized spacial score (nSPS) is 11.4. The van der Waals surface area contributed by atoms with Gasteiger partial charge in [-0.05, 0) is 12.1 Å². The van der Waals surface area contributed by atoms with Gasteiger partial charge in [-0.25, -0.2) is 0 Å². The second-order valence-corrected chi connectivity index (χ2v) is 2.79. The molecule has 0 radical (unpaired) electrons. The topological polar surface area (TPSA) is 63.7 Å². The number of hydrogen-bond donors (Lipinski definition) is 1. The number of pyridine rings is 1. The van der Waals surface area contributed by atoms with E-state index >= 15 is 0 Å². The van der Waals surface area contributed by atoms with Crippen LogP contribution in [0.2, 0.25) is 0 Å². The number of ether oxygens (including phenoxy) is 1. The van der Waals surface area contributed by atoms with Crippen LogP contribution in [-0.4, -0.2) is 26.8 Å². The molecule has 84 valence electrons. The van der Waals surface area contributed by atoms with Crippen molar-refractivity contribution in [1.82, 2.24) is 20.4 Å². The molecular weight excluding hydrogens is 225 g/mol. The Balaban J connectivity index is 2.17. The first kappa shape index (κ1) is 10.4. The molecule has 0 saturated carbocycles. The van der Waals surface area contributed by atoms with E-state index in [0.29, 0.717) is 11.4 Å². The van der Waals surface area contributed by atoms with E-state index in [9.17, 15) is 13.2 Å². The van der Waals surface area contributed by atoms with Crippen molar-refractivity contribution >= 4 is 0 Å². The second-order valence-electron chi connectivity index (χ2n) is 2.79. The standard InChI is InChI=1S/C8H5F3N4O/c9-8(10,11)16-5-1-2-6(12-3-5)7-4-13-15-14-7/h1-4H,(H,13,14,15). The lowest BCUT2D eigenvalue weighted by Gasteiger charge is -2.07. The molecule has 0 bridgehead atoms. The average Bonchev–Trinajstić information content (AvgIpc) is 2.69. The van der Waals surface area contributed by atoms with E-state index in [1.165, 1.54) is 12.3 Å². The van der Waals surface area contributed by atoms with Crippen molar-refractivity contribution in [3.8, 4) is 17.1 Å². The summed E-state index contributed by atoms with van der Waals surface area (Å²) in [6.45, 7) is 0. The van der Waals surface area contributed by atoms with E-state index in [0.717, 1.165) is 12.3 Å². The predicted molar refractivity (Wildman–Crippen MR) is 46.3 cm³/mol. The third-order valence-corrected chi connectivity index (χ3v) is 1.65. The fourth-order valence-corrected chi connectivity index (χ4v) is 1.05. The van der Waals surface area contributed by atoms with Crippen molar-refractivity contribution < 1.29 is 17.9 Å². The maximum absolute atomic E-state index is 11.8. The Morgan fingerprint density at radius 3 is 2.50 bits per heavy atom. The molecule has 5 nitrogen and oxygen atoms in total. The predicted octanol–water partition coefficient (Wildman–Crippen LogP) is 1.77. The molecule has 1 N–H and O–H groups in total. The molecule has 0 saturated heterocycles. The fraction of sp³-hybridized carbons (Fsp3) is 0.125. The van der Waals surface area contributed by atoms with E-state index in [1.54, 1.807) is 0 Å². The number of H-pyrrole nitrogens is 1. The van der Waals surface area contributed by atoms with Crippen molar-refractivity contribution in [2.75, 3.05) is 0 Å². The van der Waals surface area contributed by atoms with Crippen molar-refractivity contribution in [2.24, 2.45) is 0 Å². The fourth-order valence-electron chi connectivity index (χ4n) is 1.05. The Hall–Kier alpha value is -2.12. The molecule has 0 atom stereocenters. The zero-order valence-corrected chi connectivity index (χ0v) is 7.69. The monoisotopic (exact) mass is 230 g/mol. The van der Waals surface area contributed by atoms with Crippen molar-refractivity contribution in [3.63, 3.8) is 0 Å². The molecule has 2 aromatic rings. The highest BCUT2D eigenvalue weighted by atomic mass is 19.4. The number of aromatic nitrogens is 4. The number of alkyl halides is 3. The van der Waals surface area contributed by atoms with Crippen LogP contribution in [0.1, 0.15) is 0 Å². The van der Waals surface area contributed by atoms with Gasteiger partial charge in [0.15, 0.2) is 0 Å². The second kappa shape index (κ2) is 3.80. The molecule has 0 amide bonds. The molecule has 2 rings (SSSR count). The first-order chi connectivity index (χ1) is 7.54. The highest BCUT2D eigenvalue weighted by molar-refractivity contribution is 5.52. The van der Waals surface area contributed by atoms with E-state index in [2.05, 4.69) is 25.1 Å². The van der Waals surface area contributed by atoms with Crippen LogP contribution in [0, 0.1) is 0 Å². The van der Waals surface area contributed by atoms with Gasteiger partial charge in [-0.2, -0.15) is 0 Å².